The number of aromatic nitrogens is 3. The number of hydrogen-bond acceptors (Lipinski definition) is 5. The quantitative estimate of drug-likeness (QED) is 0.395. The van der Waals surface area contributed by atoms with Gasteiger partial charge in [-0.1, -0.05) is 18.2 Å². The fourth-order valence-electron chi connectivity index (χ4n) is 3.21. The van der Waals surface area contributed by atoms with Crippen LogP contribution in [0.5, 0.6) is 5.75 Å². The standard InChI is InChI=1S/C27H25N5O3/c1-31(2)26(34)19-35-24-13-11-22(12-14-24)29-25(33)15-10-21-18-32(23-8-4-3-5-9-23)30-27(21)20-7-6-16-28-17-20/h3-18H,19H2,1-2H3,(H,29,33)/b15-10+. The maximum absolute atomic E-state index is 12.6. The monoisotopic (exact) mass is 467 g/mol. The Morgan fingerprint density at radius 2 is 1.80 bits per heavy atom. The minimum atomic E-state index is -0.286. The van der Waals surface area contributed by atoms with Crippen LogP contribution in [-0.2, 0) is 9.59 Å². The van der Waals surface area contributed by atoms with Gasteiger partial charge in [-0.05, 0) is 54.6 Å². The average molecular weight is 468 g/mol. The second-order valence-corrected chi connectivity index (χ2v) is 7.88. The lowest BCUT2D eigenvalue weighted by molar-refractivity contribution is -0.130. The first-order valence-corrected chi connectivity index (χ1v) is 11.0. The number of nitrogens with zero attached hydrogens (tertiary/aromatic N) is 4. The van der Waals surface area contributed by atoms with Gasteiger partial charge in [0, 0.05) is 55.6 Å². The van der Waals surface area contributed by atoms with Crippen molar-refractivity contribution < 1.29 is 14.3 Å². The Hall–Kier alpha value is -4.72. The maximum atomic E-state index is 12.6. The Balaban J connectivity index is 1.47. The molecule has 2 heterocycles. The van der Waals surface area contributed by atoms with Crippen LogP contribution in [0.3, 0.4) is 0 Å². The molecule has 2 aromatic carbocycles. The molecule has 35 heavy (non-hydrogen) atoms. The molecule has 8 heteroatoms. The van der Waals surface area contributed by atoms with Gasteiger partial charge in [0.2, 0.25) is 5.91 Å². The van der Waals surface area contributed by atoms with Crippen LogP contribution in [0.25, 0.3) is 23.0 Å². The summed E-state index contributed by atoms with van der Waals surface area (Å²) in [6.07, 6.45) is 8.52. The molecule has 8 nitrogen and oxygen atoms in total. The predicted molar refractivity (Wildman–Crippen MR) is 135 cm³/mol. The average Bonchev–Trinajstić information content (AvgIpc) is 3.32. The Kier molecular flexibility index (Phi) is 7.32. The third-order valence-corrected chi connectivity index (χ3v) is 5.10. The van der Waals surface area contributed by atoms with Crippen LogP contribution in [0.2, 0.25) is 0 Å². The van der Waals surface area contributed by atoms with E-state index in [0.29, 0.717) is 11.4 Å². The van der Waals surface area contributed by atoms with Crippen molar-refractivity contribution >= 4 is 23.6 Å². The molecule has 4 rings (SSSR count). The molecule has 0 saturated heterocycles. The molecule has 0 atom stereocenters. The van der Waals surface area contributed by atoms with Gasteiger partial charge in [0.25, 0.3) is 5.91 Å². The molecule has 1 N–H and O–H groups in total. The first-order valence-electron chi connectivity index (χ1n) is 11.0. The van der Waals surface area contributed by atoms with Crippen molar-refractivity contribution in [1.29, 1.82) is 0 Å². The molecule has 2 aromatic heterocycles. The predicted octanol–water partition coefficient (Wildman–Crippen LogP) is 4.05. The number of rotatable bonds is 8. The zero-order valence-corrected chi connectivity index (χ0v) is 19.5. The number of likely N-dealkylation sites (N-methyl/N-ethyl adjacent to an activating group) is 1. The van der Waals surface area contributed by atoms with Gasteiger partial charge in [-0.25, -0.2) is 4.68 Å². The number of hydrogen-bond donors (Lipinski definition) is 1. The zero-order valence-electron chi connectivity index (χ0n) is 19.5. The van der Waals surface area contributed by atoms with Crippen LogP contribution >= 0.6 is 0 Å². The third-order valence-electron chi connectivity index (χ3n) is 5.10. The van der Waals surface area contributed by atoms with E-state index in [1.165, 1.54) is 11.0 Å². The van der Waals surface area contributed by atoms with Crippen molar-refractivity contribution in [3.8, 4) is 22.7 Å². The fourth-order valence-corrected chi connectivity index (χ4v) is 3.21. The second kappa shape index (κ2) is 10.9. The first kappa shape index (κ1) is 23.4. The summed E-state index contributed by atoms with van der Waals surface area (Å²) in [5, 5.41) is 7.54. The number of nitrogens with one attached hydrogen (secondary N) is 1. The van der Waals surface area contributed by atoms with Gasteiger partial charge in [-0.3, -0.25) is 14.6 Å². The maximum Gasteiger partial charge on any atom is 0.259 e. The van der Waals surface area contributed by atoms with E-state index in [2.05, 4.69) is 10.3 Å². The lowest BCUT2D eigenvalue weighted by Crippen LogP contribution is -2.27. The summed E-state index contributed by atoms with van der Waals surface area (Å²) in [6, 6.07) is 20.4. The van der Waals surface area contributed by atoms with Gasteiger partial charge < -0.3 is 15.0 Å². The minimum absolute atomic E-state index is 0.0443. The number of pyridine rings is 1. The van der Waals surface area contributed by atoms with Gasteiger partial charge >= 0.3 is 0 Å². The van der Waals surface area contributed by atoms with Crippen molar-refractivity contribution in [2.24, 2.45) is 0 Å². The molecule has 0 radical (unpaired) electrons. The molecule has 0 aliphatic heterocycles. The summed E-state index contributed by atoms with van der Waals surface area (Å²) in [4.78, 5) is 29.9. The summed E-state index contributed by atoms with van der Waals surface area (Å²) in [5.41, 5.74) is 3.88. The smallest absolute Gasteiger partial charge is 0.259 e. The molecule has 0 fully saturated rings. The first-order chi connectivity index (χ1) is 17.0. The van der Waals surface area contributed by atoms with Gasteiger partial charge in [-0.15, -0.1) is 0 Å². The van der Waals surface area contributed by atoms with Crippen molar-refractivity contribution in [2.45, 2.75) is 0 Å². The molecule has 0 spiro atoms. The minimum Gasteiger partial charge on any atom is -0.484 e. The highest BCUT2D eigenvalue weighted by atomic mass is 16.5. The largest absolute Gasteiger partial charge is 0.484 e. The molecule has 0 aliphatic rings. The van der Waals surface area contributed by atoms with E-state index in [1.54, 1.807) is 61.5 Å². The van der Waals surface area contributed by atoms with E-state index < -0.39 is 0 Å². The summed E-state index contributed by atoms with van der Waals surface area (Å²) in [7, 11) is 3.34. The van der Waals surface area contributed by atoms with Gasteiger partial charge in [-0.2, -0.15) is 5.10 Å². The van der Waals surface area contributed by atoms with Gasteiger partial charge in [0.15, 0.2) is 6.61 Å². The molecule has 0 saturated carbocycles. The Morgan fingerprint density at radius 1 is 1.03 bits per heavy atom. The molecule has 176 valence electrons. The van der Waals surface area contributed by atoms with Gasteiger partial charge in [0.05, 0.1) is 5.69 Å². The number of para-hydroxylation sites is 1. The van der Waals surface area contributed by atoms with E-state index in [1.807, 2.05) is 48.7 Å². The Bertz CT molecular complexity index is 1310. The van der Waals surface area contributed by atoms with E-state index in [0.717, 1.165) is 22.5 Å². The van der Waals surface area contributed by atoms with Crippen molar-refractivity contribution in [2.75, 3.05) is 26.0 Å². The lowest BCUT2D eigenvalue weighted by Gasteiger charge is -2.11. The Labute approximate surface area is 203 Å². The van der Waals surface area contributed by atoms with Crippen LogP contribution in [0.4, 0.5) is 5.69 Å². The molecule has 4 aromatic rings. The van der Waals surface area contributed by atoms with E-state index in [-0.39, 0.29) is 18.4 Å². The van der Waals surface area contributed by atoms with E-state index in [4.69, 9.17) is 9.84 Å². The number of amides is 2. The number of carbonyl (C=O) groups is 2. The highest BCUT2D eigenvalue weighted by Crippen LogP contribution is 2.24. The lowest BCUT2D eigenvalue weighted by atomic mass is 10.1. The normalized spacial score (nSPS) is 10.8. The van der Waals surface area contributed by atoms with E-state index >= 15 is 0 Å². The van der Waals surface area contributed by atoms with Gasteiger partial charge in [0.1, 0.15) is 11.4 Å². The van der Waals surface area contributed by atoms with Crippen LogP contribution < -0.4 is 10.1 Å². The van der Waals surface area contributed by atoms with Crippen LogP contribution in [0.15, 0.2) is 91.4 Å². The Morgan fingerprint density at radius 3 is 2.49 bits per heavy atom. The molecular weight excluding hydrogens is 442 g/mol. The SMILES string of the molecule is CN(C)C(=O)COc1ccc(NC(=O)/C=C/c2cn(-c3ccccc3)nc2-c2cccnc2)cc1. The molecule has 0 aliphatic carbocycles. The fraction of sp³-hybridized carbons (Fsp3) is 0.111. The third kappa shape index (κ3) is 6.20. The summed E-state index contributed by atoms with van der Waals surface area (Å²) >= 11 is 0. The number of carbonyl (C=O) groups excluding carboxylic acids is 2. The van der Waals surface area contributed by atoms with Crippen molar-refractivity contribution in [1.82, 2.24) is 19.7 Å². The molecular formula is C27H25N5O3. The zero-order chi connectivity index (χ0) is 24.6. The van der Waals surface area contributed by atoms with Crippen LogP contribution in [-0.4, -0.2) is 52.2 Å². The van der Waals surface area contributed by atoms with Crippen molar-refractivity contribution in [3.05, 3.63) is 97.0 Å². The second-order valence-electron chi connectivity index (χ2n) is 7.88. The number of benzene rings is 2. The number of anilines is 1. The van der Waals surface area contributed by atoms with Crippen molar-refractivity contribution in [3.63, 3.8) is 0 Å². The van der Waals surface area contributed by atoms with E-state index in [9.17, 15) is 9.59 Å². The summed E-state index contributed by atoms with van der Waals surface area (Å²) in [5.74, 6) is 0.128. The molecule has 2 amide bonds. The summed E-state index contributed by atoms with van der Waals surface area (Å²) < 4.78 is 7.23. The van der Waals surface area contributed by atoms with Crippen LogP contribution in [0, 0.1) is 0 Å². The summed E-state index contributed by atoms with van der Waals surface area (Å²) in [6.45, 7) is -0.0443. The topological polar surface area (TPSA) is 89.4 Å². The van der Waals surface area contributed by atoms with Crippen LogP contribution in [0.1, 0.15) is 5.56 Å². The highest BCUT2D eigenvalue weighted by Gasteiger charge is 2.11. The molecule has 0 unspecified atom stereocenters. The highest BCUT2D eigenvalue weighted by molar-refractivity contribution is 6.02. The number of ether oxygens (including phenoxy) is 1. The molecule has 0 bridgehead atoms.